The molecule has 4 heterocycles. The van der Waals surface area contributed by atoms with Crippen LogP contribution in [0.5, 0.6) is 17.2 Å². The number of aromatic nitrogens is 1. The average molecular weight is 1310 g/mol. The number of phenolic OH excluding ortho intramolecular Hbond substituents is 1. The van der Waals surface area contributed by atoms with E-state index in [1.807, 2.05) is 94.3 Å². The summed E-state index contributed by atoms with van der Waals surface area (Å²) in [7, 11) is 7.28. The highest BCUT2D eigenvalue weighted by Crippen LogP contribution is 2.59. The van der Waals surface area contributed by atoms with Gasteiger partial charge in [-0.15, -0.1) is 0 Å². The zero-order valence-corrected chi connectivity index (χ0v) is 56.2. The standard InChI is InChI=1S/C71H88N10O12S/c1-44-19-18-20-46(3)92-65(84)42-60(47-25-30-52(82)31-26-47)76-68(87)61(39-49-43-74-58-22-14-13-21-53(49)58)80(10)70(89)59(75-66(85)45(2)37-44)23-15-17-35-72-64(83)24-12-11-16-36-73-67(86)48-27-32-54-57(38-48)71(81(69(54)88)94(90,91)79(8)9)55-33-28-50(77(4)5)40-62(55)93-63-41-51(78(6)7)29-34-56(63)71/h13-14,19,21-22,25-34,38,40-41,43,45-46,59-61,74,82H,11-12,15-18,20,23-24,35-37,39,42H2,1-10H3,(H,72,83)(H,73,86)(H,75,85)(H,76,87)/b44-19+/t45-,46-,59-,60+,61+/m0/s1. The molecule has 0 saturated carbocycles. The molecule has 23 heteroatoms. The van der Waals surface area contributed by atoms with Crippen molar-refractivity contribution < 1.29 is 56.6 Å². The number of cyclic esters (lactones) is 1. The highest BCUT2D eigenvalue weighted by molar-refractivity contribution is 7.87. The lowest BCUT2D eigenvalue weighted by molar-refractivity contribution is -0.149. The Labute approximate surface area is 550 Å². The number of esters is 1. The lowest BCUT2D eigenvalue weighted by Crippen LogP contribution is -2.56. The molecule has 1 aromatic heterocycles. The van der Waals surface area contributed by atoms with E-state index in [0.29, 0.717) is 91.7 Å². The first-order valence-electron chi connectivity index (χ1n) is 32.1. The number of anilines is 2. The number of amides is 6. The van der Waals surface area contributed by atoms with E-state index >= 15 is 0 Å². The fourth-order valence-corrected chi connectivity index (χ4v) is 13.9. The van der Waals surface area contributed by atoms with Crippen molar-refractivity contribution in [1.82, 2.24) is 39.8 Å². The van der Waals surface area contributed by atoms with E-state index < -0.39 is 75.5 Å². The monoisotopic (exact) mass is 1300 g/mol. The zero-order chi connectivity index (χ0) is 67.8. The molecular formula is C71H88N10O12S. The smallest absolute Gasteiger partial charge is 0.308 e. The van der Waals surface area contributed by atoms with Crippen LogP contribution in [0, 0.1) is 5.92 Å². The topological polar surface area (TPSA) is 272 Å². The van der Waals surface area contributed by atoms with E-state index in [2.05, 4.69) is 26.3 Å². The first kappa shape index (κ1) is 69.1. The third-order valence-corrected chi connectivity index (χ3v) is 19.8. The Kier molecular flexibility index (Phi) is 21.9. The van der Waals surface area contributed by atoms with Crippen LogP contribution in [0.15, 0.2) is 121 Å². The van der Waals surface area contributed by atoms with Gasteiger partial charge in [0.1, 0.15) is 34.9 Å². The SMILES string of the molecule is C/C1=C\CC[C@H](C)OC(=O)C[C@H](c2ccc(O)cc2)NC(=O)[C@@H](Cc2c[nH]c3ccccc23)N(C)C(=O)[C@H](CCCCNC(=O)CCCCCNC(=O)c2ccc3c(c2)C2(c4ccc(N(C)C)cc4Oc4cc(N(C)C)ccc42)N(S(=O)(=O)N(C)C)C3=O)NC(=O)[C@@H](C)C1. The Bertz CT molecular complexity index is 3900. The quantitative estimate of drug-likeness (QED) is 0.0251. The highest BCUT2D eigenvalue weighted by Gasteiger charge is 2.61. The predicted octanol–water partition coefficient (Wildman–Crippen LogP) is 8.74. The van der Waals surface area contributed by atoms with Gasteiger partial charge in [-0.25, -0.2) is 4.31 Å². The van der Waals surface area contributed by atoms with Gasteiger partial charge >= 0.3 is 16.2 Å². The zero-order valence-electron chi connectivity index (χ0n) is 55.3. The van der Waals surface area contributed by atoms with Crippen LogP contribution in [0.1, 0.15) is 146 Å². The maximum Gasteiger partial charge on any atom is 0.308 e. The molecule has 5 aromatic carbocycles. The number of carbonyl (C=O) groups is 7. The van der Waals surface area contributed by atoms with Crippen LogP contribution < -0.4 is 35.8 Å². The summed E-state index contributed by atoms with van der Waals surface area (Å²) in [5.74, 6) is -3.07. The van der Waals surface area contributed by atoms with E-state index in [1.54, 1.807) is 55.6 Å². The average Bonchev–Trinajstić information content (AvgIpc) is 1.46. The van der Waals surface area contributed by atoms with Gasteiger partial charge in [-0.1, -0.05) is 67.5 Å². The second-order valence-electron chi connectivity index (χ2n) is 25.5. The predicted molar refractivity (Wildman–Crippen MR) is 361 cm³/mol. The Morgan fingerprint density at radius 1 is 0.745 bits per heavy atom. The summed E-state index contributed by atoms with van der Waals surface area (Å²) in [6.07, 6.45) is 7.80. The highest BCUT2D eigenvalue weighted by atomic mass is 32.2. The molecule has 3 aliphatic rings. The van der Waals surface area contributed by atoms with Crippen LogP contribution in [-0.2, 0) is 50.9 Å². The molecule has 94 heavy (non-hydrogen) atoms. The van der Waals surface area contributed by atoms with E-state index in [9.17, 15) is 47.1 Å². The third-order valence-electron chi connectivity index (χ3n) is 17.9. The summed E-state index contributed by atoms with van der Waals surface area (Å²) in [4.78, 5) is 108. The number of fused-ring (bicyclic) bond motifs is 7. The van der Waals surface area contributed by atoms with Gasteiger partial charge in [-0.2, -0.15) is 12.7 Å². The second kappa shape index (κ2) is 29.8. The van der Waals surface area contributed by atoms with Crippen molar-refractivity contribution >= 4 is 73.9 Å². The summed E-state index contributed by atoms with van der Waals surface area (Å²) in [6, 6.07) is 26.2. The number of rotatable bonds is 19. The molecule has 6 aromatic rings. The first-order chi connectivity index (χ1) is 44.8. The molecule has 500 valence electrons. The van der Waals surface area contributed by atoms with E-state index in [0.717, 1.165) is 42.0 Å². The number of hydrogen-bond donors (Lipinski definition) is 6. The molecule has 0 fully saturated rings. The van der Waals surface area contributed by atoms with Gasteiger partial charge < -0.3 is 55.5 Å². The molecule has 0 aliphatic carbocycles. The van der Waals surface area contributed by atoms with E-state index in [1.165, 1.54) is 50.3 Å². The molecule has 9 rings (SSSR count). The van der Waals surface area contributed by atoms with Gasteiger partial charge in [0.15, 0.2) is 0 Å². The number of para-hydroxylation sites is 1. The van der Waals surface area contributed by atoms with Gasteiger partial charge in [-0.05, 0) is 125 Å². The number of likely N-dealkylation sites (N-methyl/N-ethyl adjacent to an activating group) is 1. The molecule has 0 radical (unpaired) electrons. The molecule has 0 bridgehead atoms. The number of phenols is 1. The Morgan fingerprint density at radius 3 is 2.07 bits per heavy atom. The summed E-state index contributed by atoms with van der Waals surface area (Å²) >= 11 is 0. The first-order valence-corrected chi connectivity index (χ1v) is 33.5. The summed E-state index contributed by atoms with van der Waals surface area (Å²) in [5, 5.41) is 23.0. The number of carbonyl (C=O) groups excluding carboxylic acids is 7. The number of allylic oxidation sites excluding steroid dienone is 2. The van der Waals surface area contributed by atoms with Crippen molar-refractivity contribution in [3.05, 3.63) is 160 Å². The second-order valence-corrected chi connectivity index (χ2v) is 27.5. The van der Waals surface area contributed by atoms with Gasteiger partial charge in [0.2, 0.25) is 23.6 Å². The van der Waals surface area contributed by atoms with Crippen molar-refractivity contribution in [3.8, 4) is 17.2 Å². The maximum atomic E-state index is 15.0. The number of H-pyrrole nitrogens is 1. The summed E-state index contributed by atoms with van der Waals surface area (Å²) in [5.41, 5.74) is 4.37. The van der Waals surface area contributed by atoms with Crippen molar-refractivity contribution in [1.29, 1.82) is 0 Å². The van der Waals surface area contributed by atoms with Crippen LogP contribution in [0.2, 0.25) is 0 Å². The number of nitrogens with one attached hydrogen (secondary N) is 5. The largest absolute Gasteiger partial charge is 0.508 e. The molecule has 22 nitrogen and oxygen atoms in total. The third kappa shape index (κ3) is 15.2. The Balaban J connectivity index is 0.836. The number of ether oxygens (including phenoxy) is 2. The maximum absolute atomic E-state index is 15.0. The van der Waals surface area contributed by atoms with Crippen molar-refractivity contribution in [3.63, 3.8) is 0 Å². The number of aromatic hydroxyl groups is 1. The number of benzene rings is 5. The number of unbranched alkanes of at least 4 members (excludes halogenated alkanes) is 3. The van der Waals surface area contributed by atoms with Gasteiger partial charge in [0, 0.05) is 150 Å². The molecule has 6 amide bonds. The van der Waals surface area contributed by atoms with Crippen LogP contribution in [0.25, 0.3) is 10.9 Å². The van der Waals surface area contributed by atoms with Crippen molar-refractivity contribution in [2.45, 2.75) is 128 Å². The fraction of sp³-hybridized carbons (Fsp3) is 0.423. The van der Waals surface area contributed by atoms with Crippen molar-refractivity contribution in [2.75, 3.05) is 72.2 Å². The number of hydrogen-bond acceptors (Lipinski definition) is 14. The lowest BCUT2D eigenvalue weighted by atomic mass is 9.75. The molecule has 3 aliphatic heterocycles. The number of aromatic amines is 1. The Hall–Kier alpha value is -9.22. The van der Waals surface area contributed by atoms with Gasteiger partial charge in [-0.3, -0.25) is 33.6 Å². The molecule has 6 N–H and O–H groups in total. The summed E-state index contributed by atoms with van der Waals surface area (Å²) in [6.45, 7) is 6.12. The van der Waals surface area contributed by atoms with Crippen LogP contribution >= 0.6 is 0 Å². The minimum absolute atomic E-state index is 0.00370. The normalized spacial score (nSPS) is 20.1. The van der Waals surface area contributed by atoms with Crippen LogP contribution in [0.4, 0.5) is 11.4 Å². The summed E-state index contributed by atoms with van der Waals surface area (Å²) < 4.78 is 43.5. The van der Waals surface area contributed by atoms with E-state index in [4.69, 9.17) is 9.47 Å². The van der Waals surface area contributed by atoms with Crippen LogP contribution in [0.3, 0.4) is 0 Å². The number of nitrogens with zero attached hydrogens (tertiary/aromatic N) is 5. The Morgan fingerprint density at radius 2 is 1.40 bits per heavy atom. The molecular weight excluding hydrogens is 1220 g/mol. The molecule has 5 atom stereocenters. The van der Waals surface area contributed by atoms with Crippen LogP contribution in [-0.4, -0.2) is 154 Å². The minimum Gasteiger partial charge on any atom is -0.508 e. The minimum atomic E-state index is -4.50. The fourth-order valence-electron chi connectivity index (χ4n) is 12.6. The van der Waals surface area contributed by atoms with Gasteiger partial charge in [0.05, 0.1) is 18.6 Å². The van der Waals surface area contributed by atoms with E-state index in [-0.39, 0.29) is 60.9 Å². The van der Waals surface area contributed by atoms with Gasteiger partial charge in [0.25, 0.3) is 11.8 Å². The van der Waals surface area contributed by atoms with Crippen molar-refractivity contribution in [2.24, 2.45) is 5.92 Å². The molecule has 1 spiro atoms. The molecule has 0 unspecified atom stereocenters. The lowest BCUT2D eigenvalue weighted by Gasteiger charge is -2.44. The molecule has 0 saturated heterocycles.